The quantitative estimate of drug-likeness (QED) is 0.0540. The predicted octanol–water partition coefficient (Wildman–Crippen LogP) is 17.1. The second-order valence-electron chi connectivity index (χ2n) is 23.6. The van der Waals surface area contributed by atoms with Crippen molar-refractivity contribution in [2.24, 2.45) is 5.92 Å². The minimum Gasteiger partial charge on any atom is -0.510 e. The van der Waals surface area contributed by atoms with Gasteiger partial charge < -0.3 is 15.1 Å². The molecule has 0 saturated heterocycles. The van der Waals surface area contributed by atoms with Crippen molar-refractivity contribution in [3.05, 3.63) is 123 Å². The second kappa shape index (κ2) is 19.6. The van der Waals surface area contributed by atoms with Crippen molar-refractivity contribution in [2.45, 2.75) is 212 Å². The number of unbranched alkanes of at least 4 members (excludes halogenated alkanes) is 15. The van der Waals surface area contributed by atoms with Crippen molar-refractivity contribution in [2.75, 3.05) is 11.4 Å². The molecular formula is C64H83N2O4+. The number of Topliss-reactive ketones (excluding diaryl/α,β-unsaturated/α-hetero) is 1. The molecule has 5 aliphatic rings. The molecule has 4 aliphatic heterocycles. The number of ketones is 1. The van der Waals surface area contributed by atoms with Gasteiger partial charge in [0.1, 0.15) is 12.3 Å². The molecule has 4 heterocycles. The van der Waals surface area contributed by atoms with Gasteiger partial charge >= 0.3 is 5.97 Å². The van der Waals surface area contributed by atoms with Crippen LogP contribution < -0.4 is 4.90 Å². The van der Waals surface area contributed by atoms with Gasteiger partial charge in [0.25, 0.3) is 0 Å². The van der Waals surface area contributed by atoms with Crippen LogP contribution in [0.15, 0.2) is 72.5 Å². The molecule has 70 heavy (non-hydrogen) atoms. The van der Waals surface area contributed by atoms with Gasteiger partial charge in [0.05, 0.1) is 33.6 Å². The van der Waals surface area contributed by atoms with Crippen molar-refractivity contribution in [1.29, 1.82) is 0 Å². The minimum absolute atomic E-state index is 0.0138. The van der Waals surface area contributed by atoms with E-state index in [-0.39, 0.29) is 27.8 Å². The molecule has 0 spiro atoms. The molecule has 0 amide bonds. The first-order chi connectivity index (χ1) is 33.6. The highest BCUT2D eigenvalue weighted by Gasteiger charge is 2.61. The summed E-state index contributed by atoms with van der Waals surface area (Å²) < 4.78 is 2.40. The number of carboxylic acids is 1. The number of aromatic carboxylic acids is 1. The van der Waals surface area contributed by atoms with Crippen LogP contribution in [0.2, 0.25) is 0 Å². The zero-order chi connectivity index (χ0) is 49.8. The Hall–Kier alpha value is -4.97. The molecule has 0 saturated carbocycles. The molecule has 6 heteroatoms. The van der Waals surface area contributed by atoms with Crippen molar-refractivity contribution in [1.82, 2.24) is 0 Å². The number of carbonyl (C=O) groups excluding carboxylic acids is 1. The summed E-state index contributed by atoms with van der Waals surface area (Å²) in [7, 11) is 0. The number of aliphatic hydroxyl groups is 1. The van der Waals surface area contributed by atoms with Crippen molar-refractivity contribution >= 4 is 45.8 Å². The van der Waals surface area contributed by atoms with Crippen molar-refractivity contribution in [3.8, 4) is 0 Å². The molecule has 2 N–H and O–H groups in total. The zero-order valence-electron chi connectivity index (χ0n) is 44.4. The van der Waals surface area contributed by atoms with Gasteiger partial charge in [-0.05, 0) is 82.5 Å². The SMILES string of the molecule is CCCCCCCCCCC1(CCCCCCCC)C(C2C(=O)C(c3cc4c5c(c3)C(C)(C)c3cccc6c3N5c3c(cccc3C4(C)C)C6(C)C)=C2O)=[N+](CCCCCC)c2ccc(C(=O)O)cc21. The number of carbonyl (C=O) groups is 2. The number of hydrogen-bond donors (Lipinski definition) is 2. The molecule has 0 radical (unpaired) electrons. The topological polar surface area (TPSA) is 80.9 Å². The maximum Gasteiger partial charge on any atom is 0.335 e. The number of anilines is 3. The lowest BCUT2D eigenvalue weighted by Crippen LogP contribution is -2.49. The largest absolute Gasteiger partial charge is 0.510 e. The first-order valence-electron chi connectivity index (χ1n) is 27.9. The Morgan fingerprint density at radius 2 is 0.986 bits per heavy atom. The minimum atomic E-state index is -0.927. The molecule has 1 aliphatic carbocycles. The summed E-state index contributed by atoms with van der Waals surface area (Å²) in [5.74, 6) is -1.56. The highest BCUT2D eigenvalue weighted by molar-refractivity contribution is 6.37. The Kier molecular flexibility index (Phi) is 14.0. The number of rotatable bonds is 24. The first-order valence-corrected chi connectivity index (χ1v) is 27.9. The number of allylic oxidation sites excluding steroid dienone is 2. The van der Waals surface area contributed by atoms with Crippen LogP contribution in [0.4, 0.5) is 22.7 Å². The number of fused-ring (bicyclic) bond motifs is 1. The molecule has 9 rings (SSSR count). The van der Waals surface area contributed by atoms with Crippen LogP contribution in [-0.4, -0.2) is 38.8 Å². The number of para-hydroxylation sites is 2. The molecule has 0 aromatic heterocycles. The molecule has 6 nitrogen and oxygen atoms in total. The third-order valence-corrected chi connectivity index (χ3v) is 18.0. The van der Waals surface area contributed by atoms with E-state index in [1.807, 2.05) is 12.1 Å². The highest BCUT2D eigenvalue weighted by Crippen LogP contribution is 2.66. The molecule has 4 aromatic rings. The number of nitrogens with zero attached hydrogens (tertiary/aromatic N) is 2. The fourth-order valence-corrected chi connectivity index (χ4v) is 13.9. The van der Waals surface area contributed by atoms with E-state index in [2.05, 4.69) is 120 Å². The predicted molar refractivity (Wildman–Crippen MR) is 290 cm³/mol. The van der Waals surface area contributed by atoms with Crippen LogP contribution in [0, 0.1) is 5.92 Å². The second-order valence-corrected chi connectivity index (χ2v) is 23.6. The summed E-state index contributed by atoms with van der Waals surface area (Å²) in [6, 6.07) is 23.9. The van der Waals surface area contributed by atoms with Crippen LogP contribution >= 0.6 is 0 Å². The van der Waals surface area contributed by atoms with E-state index in [1.165, 1.54) is 108 Å². The van der Waals surface area contributed by atoms with Crippen LogP contribution in [-0.2, 0) is 26.5 Å². The summed E-state index contributed by atoms with van der Waals surface area (Å²) in [6.07, 6.45) is 22.4. The summed E-state index contributed by atoms with van der Waals surface area (Å²) >= 11 is 0. The van der Waals surface area contributed by atoms with E-state index in [4.69, 9.17) is 0 Å². The van der Waals surface area contributed by atoms with Gasteiger partial charge in [0.15, 0.2) is 17.4 Å². The number of benzene rings is 4. The molecule has 0 fully saturated rings. The lowest BCUT2D eigenvalue weighted by atomic mass is 9.59. The van der Waals surface area contributed by atoms with Gasteiger partial charge in [0, 0.05) is 34.3 Å². The van der Waals surface area contributed by atoms with E-state index >= 15 is 4.79 Å². The monoisotopic (exact) mass is 944 g/mol. The molecular weight excluding hydrogens is 861 g/mol. The van der Waals surface area contributed by atoms with Crippen LogP contribution in [0.5, 0.6) is 0 Å². The Morgan fingerprint density at radius 3 is 1.44 bits per heavy atom. The third kappa shape index (κ3) is 8.01. The summed E-state index contributed by atoms with van der Waals surface area (Å²) in [5.41, 5.74) is 14.5. The number of hydrogen-bond acceptors (Lipinski definition) is 4. The third-order valence-electron chi connectivity index (χ3n) is 18.0. The Labute approximate surface area is 420 Å². The van der Waals surface area contributed by atoms with Gasteiger partial charge in [-0.15, -0.1) is 0 Å². The van der Waals surface area contributed by atoms with Gasteiger partial charge in [-0.25, -0.2) is 4.79 Å². The lowest BCUT2D eigenvalue weighted by molar-refractivity contribution is -0.441. The van der Waals surface area contributed by atoms with Crippen LogP contribution in [0.1, 0.15) is 246 Å². The summed E-state index contributed by atoms with van der Waals surface area (Å²) in [4.78, 5) is 31.1. The highest BCUT2D eigenvalue weighted by atomic mass is 16.4. The van der Waals surface area contributed by atoms with Crippen molar-refractivity contribution in [3.63, 3.8) is 0 Å². The summed E-state index contributed by atoms with van der Waals surface area (Å²) in [5, 5.41) is 23.5. The molecule has 0 bridgehead atoms. The standard InChI is InChI=1S/C64H82N2O4/c1-10-13-16-19-21-22-24-26-37-64(36-25-23-20-17-14-11-2)48-39-42(60(69)70)34-35-51(48)65(38-27-18-15-12-3)59(64)53-57(67)52(58(53)68)43-40-49-56-50(41-43)63(8,9)47-33-29-31-45-55(47)66(56)54-44(61(45,4)5)30-28-32-46(54)62(49,6)7/h28-35,39-41,53H,10-27,36-38H2,1-9H3,(H-,67,68,69,70)/p+1. The van der Waals surface area contributed by atoms with Gasteiger partial charge in [-0.1, -0.05) is 201 Å². The summed E-state index contributed by atoms with van der Waals surface area (Å²) in [6.45, 7) is 21.6. The Morgan fingerprint density at radius 1 is 0.557 bits per heavy atom. The molecule has 2 atom stereocenters. The van der Waals surface area contributed by atoms with Gasteiger partial charge in [0.2, 0.25) is 5.69 Å². The average Bonchev–Trinajstić information content (AvgIpc) is 3.58. The number of carboxylic acid groups (broad SMARTS) is 1. The maximum absolute atomic E-state index is 15.8. The Balaban J connectivity index is 1.19. The van der Waals surface area contributed by atoms with Gasteiger partial charge in [-0.2, -0.15) is 4.58 Å². The van der Waals surface area contributed by atoms with E-state index in [0.29, 0.717) is 11.1 Å². The fourth-order valence-electron chi connectivity index (χ4n) is 13.9. The van der Waals surface area contributed by atoms with E-state index in [9.17, 15) is 15.0 Å². The van der Waals surface area contributed by atoms with Gasteiger partial charge in [-0.3, -0.25) is 4.79 Å². The molecule has 2 unspecified atom stereocenters. The van der Waals surface area contributed by atoms with Crippen molar-refractivity contribution < 1.29 is 24.4 Å². The first kappa shape index (κ1) is 50.0. The number of aliphatic hydroxyl groups excluding tert-OH is 1. The normalized spacial score (nSPS) is 20.4. The van der Waals surface area contributed by atoms with E-state index < -0.39 is 17.3 Å². The van der Waals surface area contributed by atoms with Crippen LogP contribution in [0.3, 0.4) is 0 Å². The fraction of sp³-hybridized carbons (Fsp3) is 0.547. The maximum atomic E-state index is 15.8. The Bertz CT molecular complexity index is 2660. The molecule has 372 valence electrons. The van der Waals surface area contributed by atoms with E-state index in [1.54, 1.807) is 6.07 Å². The van der Waals surface area contributed by atoms with E-state index in [0.717, 1.165) is 99.7 Å². The smallest absolute Gasteiger partial charge is 0.335 e. The zero-order valence-corrected chi connectivity index (χ0v) is 44.4. The average molecular weight is 944 g/mol. The van der Waals surface area contributed by atoms with Crippen LogP contribution in [0.25, 0.3) is 5.57 Å². The lowest BCUT2D eigenvalue weighted by Gasteiger charge is -2.55. The molecule has 4 aromatic carbocycles.